The van der Waals surface area contributed by atoms with E-state index < -0.39 is 5.60 Å². The van der Waals surface area contributed by atoms with Crippen LogP contribution in [0.2, 0.25) is 5.02 Å². The molecule has 0 amide bonds. The molecule has 0 spiro atoms. The number of aromatic amines is 1. The summed E-state index contributed by atoms with van der Waals surface area (Å²) < 4.78 is 1.88. The van der Waals surface area contributed by atoms with E-state index >= 15 is 0 Å². The first-order valence-corrected chi connectivity index (χ1v) is 9.01. The van der Waals surface area contributed by atoms with Crippen molar-refractivity contribution in [1.82, 2.24) is 14.8 Å². The molecule has 0 fully saturated rings. The molecule has 0 aliphatic carbocycles. The van der Waals surface area contributed by atoms with Crippen LogP contribution in [-0.4, -0.2) is 30.6 Å². The molecular formula is C20H24ClN3O2. The fourth-order valence-corrected chi connectivity index (χ4v) is 3.31. The number of aryl methyl sites for hydroxylation is 1. The normalized spacial score (nSPS) is 11.9. The van der Waals surface area contributed by atoms with Gasteiger partial charge in [-0.05, 0) is 33.3 Å². The summed E-state index contributed by atoms with van der Waals surface area (Å²) in [5.41, 5.74) is 4.58. The summed E-state index contributed by atoms with van der Waals surface area (Å²) in [6.45, 7) is 6.09. The van der Waals surface area contributed by atoms with E-state index in [1.165, 1.54) is 0 Å². The zero-order valence-corrected chi connectivity index (χ0v) is 16.0. The molecule has 5 nitrogen and oxygen atoms in total. The van der Waals surface area contributed by atoms with Crippen LogP contribution in [0.5, 0.6) is 0 Å². The molecule has 0 saturated carbocycles. The Balaban J connectivity index is 1.99. The lowest BCUT2D eigenvalue weighted by Gasteiger charge is -2.17. The van der Waals surface area contributed by atoms with Gasteiger partial charge < -0.3 is 15.2 Å². The van der Waals surface area contributed by atoms with Crippen LogP contribution >= 0.6 is 11.6 Å². The summed E-state index contributed by atoms with van der Waals surface area (Å²) in [4.78, 5) is 3.27. The molecule has 26 heavy (non-hydrogen) atoms. The summed E-state index contributed by atoms with van der Waals surface area (Å²) in [7, 11) is 0. The highest BCUT2D eigenvalue weighted by atomic mass is 35.5. The number of aromatic nitrogens is 3. The number of rotatable bonds is 6. The van der Waals surface area contributed by atoms with Gasteiger partial charge in [-0.25, -0.2) is 0 Å². The molecule has 0 saturated heterocycles. The van der Waals surface area contributed by atoms with Crippen molar-refractivity contribution in [3.8, 4) is 22.4 Å². The van der Waals surface area contributed by atoms with Gasteiger partial charge in [0, 0.05) is 45.7 Å². The SMILES string of the molecule is Cc1c(-c2[nH]cc(-c3ccccc3Cl)c2CO)cnn1CCC(C)(C)O. The highest BCUT2D eigenvalue weighted by molar-refractivity contribution is 6.33. The zero-order chi connectivity index (χ0) is 18.9. The van der Waals surface area contributed by atoms with E-state index in [1.807, 2.05) is 42.1 Å². The first-order valence-electron chi connectivity index (χ1n) is 8.63. The van der Waals surface area contributed by atoms with Gasteiger partial charge in [0.1, 0.15) is 0 Å². The maximum Gasteiger partial charge on any atom is 0.0709 e. The Morgan fingerprint density at radius 2 is 1.92 bits per heavy atom. The molecule has 0 unspecified atom stereocenters. The number of benzene rings is 1. The standard InChI is InChI=1S/C20H24ClN3O2/c1-13-15(11-23-24(13)9-8-20(2,3)26)19-17(12-25)16(10-22-19)14-6-4-5-7-18(14)21/h4-7,10-11,22,25-26H,8-9,12H2,1-3H3. The highest BCUT2D eigenvalue weighted by Gasteiger charge is 2.20. The second-order valence-electron chi connectivity index (χ2n) is 7.12. The van der Waals surface area contributed by atoms with Gasteiger partial charge in [0.2, 0.25) is 0 Å². The summed E-state index contributed by atoms with van der Waals surface area (Å²) >= 11 is 6.33. The molecule has 0 bridgehead atoms. The highest BCUT2D eigenvalue weighted by Crippen LogP contribution is 2.36. The quantitative estimate of drug-likeness (QED) is 0.607. The molecule has 6 heteroatoms. The van der Waals surface area contributed by atoms with Gasteiger partial charge in [0.25, 0.3) is 0 Å². The molecule has 0 aliphatic heterocycles. The van der Waals surface area contributed by atoms with Crippen LogP contribution in [0, 0.1) is 6.92 Å². The van der Waals surface area contributed by atoms with Crippen LogP contribution in [0.3, 0.4) is 0 Å². The van der Waals surface area contributed by atoms with Gasteiger partial charge in [-0.3, -0.25) is 4.68 Å². The summed E-state index contributed by atoms with van der Waals surface area (Å²) in [5, 5.41) is 25.0. The Labute approximate surface area is 158 Å². The average molecular weight is 374 g/mol. The first-order chi connectivity index (χ1) is 12.3. The molecule has 0 atom stereocenters. The number of nitrogens with zero attached hydrogens (tertiary/aromatic N) is 2. The van der Waals surface area contributed by atoms with Crippen molar-refractivity contribution in [2.75, 3.05) is 0 Å². The van der Waals surface area contributed by atoms with E-state index in [4.69, 9.17) is 11.6 Å². The zero-order valence-electron chi connectivity index (χ0n) is 15.3. The predicted molar refractivity (Wildman–Crippen MR) is 104 cm³/mol. The average Bonchev–Trinajstić information content (AvgIpc) is 3.15. The Kier molecular flexibility index (Phi) is 5.23. The first kappa shape index (κ1) is 18.7. The van der Waals surface area contributed by atoms with Gasteiger partial charge in [0.15, 0.2) is 0 Å². The summed E-state index contributed by atoms with van der Waals surface area (Å²) in [6.07, 6.45) is 4.27. The van der Waals surface area contributed by atoms with Crippen molar-refractivity contribution < 1.29 is 10.2 Å². The fraction of sp³-hybridized carbons (Fsp3) is 0.350. The number of nitrogens with one attached hydrogen (secondary N) is 1. The molecule has 3 N–H and O–H groups in total. The topological polar surface area (TPSA) is 74.1 Å². The Morgan fingerprint density at radius 3 is 2.58 bits per heavy atom. The molecule has 0 radical (unpaired) electrons. The number of aliphatic hydroxyl groups is 2. The van der Waals surface area contributed by atoms with Gasteiger partial charge in [-0.1, -0.05) is 29.8 Å². The van der Waals surface area contributed by atoms with E-state index in [0.717, 1.165) is 33.6 Å². The van der Waals surface area contributed by atoms with Crippen molar-refractivity contribution >= 4 is 11.6 Å². The maximum atomic E-state index is 9.99. The van der Waals surface area contributed by atoms with Gasteiger partial charge in [-0.15, -0.1) is 0 Å². The summed E-state index contributed by atoms with van der Waals surface area (Å²) in [6, 6.07) is 7.59. The number of H-pyrrole nitrogens is 1. The molecule has 138 valence electrons. The van der Waals surface area contributed by atoms with Crippen molar-refractivity contribution in [2.45, 2.75) is 45.9 Å². The summed E-state index contributed by atoms with van der Waals surface area (Å²) in [5.74, 6) is 0. The van der Waals surface area contributed by atoms with Gasteiger partial charge in [0.05, 0.1) is 24.1 Å². The third-order valence-electron chi connectivity index (χ3n) is 4.62. The Morgan fingerprint density at radius 1 is 1.19 bits per heavy atom. The molecular weight excluding hydrogens is 350 g/mol. The second kappa shape index (κ2) is 7.27. The van der Waals surface area contributed by atoms with E-state index in [-0.39, 0.29) is 6.61 Å². The second-order valence-corrected chi connectivity index (χ2v) is 7.53. The van der Waals surface area contributed by atoms with Crippen LogP contribution in [0.25, 0.3) is 22.4 Å². The minimum absolute atomic E-state index is 0.103. The number of hydrogen-bond acceptors (Lipinski definition) is 3. The number of halogens is 1. The van der Waals surface area contributed by atoms with Crippen molar-refractivity contribution in [1.29, 1.82) is 0 Å². The molecule has 0 aliphatic rings. The van der Waals surface area contributed by atoms with E-state index in [1.54, 1.807) is 20.0 Å². The lowest BCUT2D eigenvalue weighted by Crippen LogP contribution is -2.21. The van der Waals surface area contributed by atoms with E-state index in [9.17, 15) is 10.2 Å². The van der Waals surface area contributed by atoms with Gasteiger partial charge in [-0.2, -0.15) is 5.10 Å². The van der Waals surface area contributed by atoms with Crippen LogP contribution in [-0.2, 0) is 13.2 Å². The largest absolute Gasteiger partial charge is 0.392 e. The Hall–Kier alpha value is -2.08. The van der Waals surface area contributed by atoms with Crippen LogP contribution in [0.15, 0.2) is 36.7 Å². The van der Waals surface area contributed by atoms with Gasteiger partial charge >= 0.3 is 0 Å². The molecule has 2 aromatic heterocycles. The van der Waals surface area contributed by atoms with Crippen molar-refractivity contribution in [3.63, 3.8) is 0 Å². The van der Waals surface area contributed by atoms with Crippen LogP contribution < -0.4 is 0 Å². The van der Waals surface area contributed by atoms with E-state index in [0.29, 0.717) is 18.0 Å². The molecule has 2 heterocycles. The monoisotopic (exact) mass is 373 g/mol. The van der Waals surface area contributed by atoms with Crippen molar-refractivity contribution in [3.05, 3.63) is 52.9 Å². The fourth-order valence-electron chi connectivity index (χ4n) is 3.07. The third-order valence-corrected chi connectivity index (χ3v) is 4.95. The van der Waals surface area contributed by atoms with Crippen molar-refractivity contribution in [2.24, 2.45) is 0 Å². The lowest BCUT2D eigenvalue weighted by molar-refractivity contribution is 0.0649. The number of hydrogen-bond donors (Lipinski definition) is 3. The minimum atomic E-state index is -0.738. The third kappa shape index (κ3) is 3.70. The minimum Gasteiger partial charge on any atom is -0.392 e. The number of aliphatic hydroxyl groups excluding tert-OH is 1. The molecule has 1 aromatic carbocycles. The predicted octanol–water partition coefficient (Wildman–Crippen LogP) is 4.16. The molecule has 3 rings (SSSR count). The molecule has 3 aromatic rings. The van der Waals surface area contributed by atoms with Crippen LogP contribution in [0.1, 0.15) is 31.5 Å². The maximum absolute atomic E-state index is 9.99. The Bertz CT molecular complexity index is 906. The smallest absolute Gasteiger partial charge is 0.0709 e. The van der Waals surface area contributed by atoms with Crippen LogP contribution in [0.4, 0.5) is 0 Å². The van der Waals surface area contributed by atoms with E-state index in [2.05, 4.69) is 10.1 Å². The lowest BCUT2D eigenvalue weighted by atomic mass is 10.0.